The van der Waals surface area contributed by atoms with E-state index in [9.17, 15) is 9.59 Å². The van der Waals surface area contributed by atoms with E-state index in [1.54, 1.807) is 6.07 Å². The molecule has 2 N–H and O–H groups in total. The number of halogens is 1. The number of carbonyl (C=O) groups is 2. The van der Waals surface area contributed by atoms with Crippen LogP contribution in [0.3, 0.4) is 0 Å². The SMILES string of the molecule is COc1c(F)cc(/C=C2\NC(=O)NC2=O)cc1-c1cc2c(cc1C)C(C)(C)CCC2(C)C. The van der Waals surface area contributed by atoms with Gasteiger partial charge in [0.15, 0.2) is 11.6 Å². The molecule has 2 aromatic rings. The van der Waals surface area contributed by atoms with Crippen LogP contribution in [-0.2, 0) is 15.6 Å². The van der Waals surface area contributed by atoms with E-state index >= 15 is 4.39 Å². The first-order valence-corrected chi connectivity index (χ1v) is 10.8. The molecule has 2 aliphatic rings. The molecule has 0 unspecified atom stereocenters. The fourth-order valence-corrected chi connectivity index (χ4v) is 4.77. The van der Waals surface area contributed by atoms with Crippen LogP contribution in [0.4, 0.5) is 9.18 Å². The highest BCUT2D eigenvalue weighted by molar-refractivity contribution is 6.14. The number of urea groups is 1. The predicted molar refractivity (Wildman–Crippen MR) is 123 cm³/mol. The third kappa shape index (κ3) is 3.68. The molecular formula is C26H29FN2O3. The van der Waals surface area contributed by atoms with Crippen molar-refractivity contribution in [1.82, 2.24) is 10.6 Å². The second kappa shape index (κ2) is 7.47. The lowest BCUT2D eigenvalue weighted by atomic mass is 9.62. The number of hydrogen-bond acceptors (Lipinski definition) is 3. The van der Waals surface area contributed by atoms with Gasteiger partial charge in [0.2, 0.25) is 0 Å². The Morgan fingerprint density at radius 1 is 0.938 bits per heavy atom. The summed E-state index contributed by atoms with van der Waals surface area (Å²) < 4.78 is 20.5. The minimum atomic E-state index is -0.592. The average molecular weight is 437 g/mol. The molecule has 2 aromatic carbocycles. The van der Waals surface area contributed by atoms with Crippen molar-refractivity contribution in [1.29, 1.82) is 0 Å². The maximum atomic E-state index is 15.0. The number of rotatable bonds is 3. The van der Waals surface area contributed by atoms with E-state index in [-0.39, 0.29) is 22.3 Å². The molecule has 168 valence electrons. The van der Waals surface area contributed by atoms with E-state index in [4.69, 9.17) is 4.74 Å². The number of amides is 3. The number of benzene rings is 2. The van der Waals surface area contributed by atoms with Crippen molar-refractivity contribution in [3.8, 4) is 16.9 Å². The summed E-state index contributed by atoms with van der Waals surface area (Å²) in [6, 6.07) is 6.89. The monoisotopic (exact) mass is 436 g/mol. The number of fused-ring (bicyclic) bond motifs is 1. The third-order valence-electron chi connectivity index (χ3n) is 6.79. The van der Waals surface area contributed by atoms with Crippen LogP contribution in [0.25, 0.3) is 17.2 Å². The van der Waals surface area contributed by atoms with E-state index in [0.717, 1.165) is 24.0 Å². The second-order valence-corrected chi connectivity index (χ2v) is 10.0. The number of nitrogens with one attached hydrogen (secondary N) is 2. The standard InChI is InChI=1S/C26H29FN2O3/c1-14-9-18-19(26(4,5)8-7-25(18,2)3)13-16(14)17-10-15(11-20(27)22(17)32-6)12-21-23(30)29-24(31)28-21/h9-13H,7-8H2,1-6H3,(H2,28,29,30,31)/b21-12-. The van der Waals surface area contributed by atoms with Gasteiger partial charge in [-0.25, -0.2) is 9.18 Å². The summed E-state index contributed by atoms with van der Waals surface area (Å²) in [5, 5.41) is 4.59. The van der Waals surface area contributed by atoms with Crippen LogP contribution in [0, 0.1) is 12.7 Å². The molecule has 32 heavy (non-hydrogen) atoms. The molecular weight excluding hydrogens is 407 g/mol. The Bertz CT molecular complexity index is 1180. The Hall–Kier alpha value is -3.15. The number of aryl methyl sites for hydroxylation is 1. The molecule has 0 aromatic heterocycles. The van der Waals surface area contributed by atoms with Crippen molar-refractivity contribution in [2.75, 3.05) is 7.11 Å². The van der Waals surface area contributed by atoms with E-state index in [2.05, 4.69) is 50.5 Å². The molecule has 1 heterocycles. The lowest BCUT2D eigenvalue weighted by Gasteiger charge is -2.42. The summed E-state index contributed by atoms with van der Waals surface area (Å²) in [4.78, 5) is 23.3. The van der Waals surface area contributed by atoms with Gasteiger partial charge >= 0.3 is 6.03 Å². The first-order chi connectivity index (χ1) is 14.9. The number of imide groups is 1. The zero-order valence-corrected chi connectivity index (χ0v) is 19.4. The van der Waals surface area contributed by atoms with Crippen LogP contribution in [0.5, 0.6) is 5.75 Å². The number of carbonyl (C=O) groups excluding carboxylic acids is 2. The Kier molecular flexibility index (Phi) is 5.15. The Morgan fingerprint density at radius 2 is 1.56 bits per heavy atom. The molecule has 0 radical (unpaired) electrons. The topological polar surface area (TPSA) is 67.4 Å². The van der Waals surface area contributed by atoms with Crippen LogP contribution in [-0.4, -0.2) is 19.0 Å². The summed E-state index contributed by atoms with van der Waals surface area (Å²) in [6.45, 7) is 11.1. The first kappa shape index (κ1) is 22.1. The highest BCUT2D eigenvalue weighted by Crippen LogP contribution is 2.48. The minimum Gasteiger partial charge on any atom is -0.493 e. The van der Waals surface area contributed by atoms with Gasteiger partial charge in [-0.3, -0.25) is 10.1 Å². The Labute approximate surface area is 188 Å². The molecule has 0 atom stereocenters. The molecule has 1 saturated heterocycles. The first-order valence-electron chi connectivity index (χ1n) is 10.8. The largest absolute Gasteiger partial charge is 0.493 e. The molecule has 1 aliphatic carbocycles. The molecule has 1 aliphatic heterocycles. The van der Waals surface area contributed by atoms with Crippen molar-refractivity contribution in [3.63, 3.8) is 0 Å². The molecule has 4 rings (SSSR count). The van der Waals surface area contributed by atoms with Gasteiger partial charge in [0.05, 0.1) is 7.11 Å². The molecule has 0 bridgehead atoms. The van der Waals surface area contributed by atoms with E-state index < -0.39 is 17.8 Å². The second-order valence-electron chi connectivity index (χ2n) is 10.0. The zero-order valence-electron chi connectivity index (χ0n) is 19.4. The fourth-order valence-electron chi connectivity index (χ4n) is 4.77. The molecule has 3 amide bonds. The summed E-state index contributed by atoms with van der Waals surface area (Å²) in [5.41, 5.74) is 5.76. The fraction of sp³-hybridized carbons (Fsp3) is 0.385. The van der Waals surface area contributed by atoms with Crippen molar-refractivity contribution in [2.45, 2.75) is 58.3 Å². The predicted octanol–water partition coefficient (Wildman–Crippen LogP) is 5.34. The lowest BCUT2D eigenvalue weighted by Crippen LogP contribution is -2.34. The third-order valence-corrected chi connectivity index (χ3v) is 6.79. The van der Waals surface area contributed by atoms with E-state index in [1.807, 2.05) is 6.92 Å². The zero-order chi connectivity index (χ0) is 23.4. The van der Waals surface area contributed by atoms with Crippen molar-refractivity contribution >= 4 is 18.0 Å². The van der Waals surface area contributed by atoms with Crippen LogP contribution in [0.15, 0.2) is 30.0 Å². The van der Waals surface area contributed by atoms with Gasteiger partial charge in [-0.2, -0.15) is 0 Å². The molecule has 0 saturated carbocycles. The molecule has 1 fully saturated rings. The van der Waals surface area contributed by atoms with Gasteiger partial charge in [0, 0.05) is 5.56 Å². The summed E-state index contributed by atoms with van der Waals surface area (Å²) in [5.74, 6) is -0.914. The van der Waals surface area contributed by atoms with Crippen LogP contribution >= 0.6 is 0 Å². The maximum absolute atomic E-state index is 15.0. The Balaban J connectivity index is 1.92. The van der Waals surface area contributed by atoms with Gasteiger partial charge in [0.1, 0.15) is 5.70 Å². The van der Waals surface area contributed by atoms with Gasteiger partial charge in [-0.1, -0.05) is 33.8 Å². The summed E-state index contributed by atoms with van der Waals surface area (Å²) in [6.07, 6.45) is 3.65. The van der Waals surface area contributed by atoms with Gasteiger partial charge < -0.3 is 10.1 Å². The molecule has 5 nitrogen and oxygen atoms in total. The number of methoxy groups -OCH3 is 1. The highest BCUT2D eigenvalue weighted by Gasteiger charge is 2.37. The van der Waals surface area contributed by atoms with Crippen LogP contribution in [0.1, 0.15) is 62.8 Å². The van der Waals surface area contributed by atoms with Crippen LogP contribution in [0.2, 0.25) is 0 Å². The van der Waals surface area contributed by atoms with Gasteiger partial charge in [-0.15, -0.1) is 0 Å². The summed E-state index contributed by atoms with van der Waals surface area (Å²) in [7, 11) is 1.45. The average Bonchev–Trinajstić information content (AvgIpc) is 3.01. The normalized spacial score (nSPS) is 20.0. The highest BCUT2D eigenvalue weighted by atomic mass is 19.1. The van der Waals surface area contributed by atoms with Crippen molar-refractivity contribution in [2.24, 2.45) is 0 Å². The van der Waals surface area contributed by atoms with Gasteiger partial charge in [-0.05, 0) is 82.7 Å². The van der Waals surface area contributed by atoms with E-state index in [0.29, 0.717) is 11.1 Å². The Morgan fingerprint density at radius 3 is 2.12 bits per heavy atom. The van der Waals surface area contributed by atoms with Crippen LogP contribution < -0.4 is 15.4 Å². The smallest absolute Gasteiger partial charge is 0.326 e. The lowest BCUT2D eigenvalue weighted by molar-refractivity contribution is -0.115. The van der Waals surface area contributed by atoms with Crippen molar-refractivity contribution < 1.29 is 18.7 Å². The summed E-state index contributed by atoms with van der Waals surface area (Å²) >= 11 is 0. The van der Waals surface area contributed by atoms with E-state index in [1.165, 1.54) is 30.4 Å². The molecule has 0 spiro atoms. The number of ether oxygens (including phenoxy) is 1. The maximum Gasteiger partial charge on any atom is 0.326 e. The quantitative estimate of drug-likeness (QED) is 0.504. The van der Waals surface area contributed by atoms with Crippen molar-refractivity contribution in [3.05, 3.63) is 58.0 Å². The number of hydrogen-bond donors (Lipinski definition) is 2. The minimum absolute atomic E-state index is 0.00485. The molecule has 6 heteroatoms. The van der Waals surface area contributed by atoms with Gasteiger partial charge in [0.25, 0.3) is 5.91 Å².